The summed E-state index contributed by atoms with van der Waals surface area (Å²) in [5.74, 6) is -2.60. The number of carboxylic acids is 2. The summed E-state index contributed by atoms with van der Waals surface area (Å²) in [5.41, 5.74) is 0.479. The standard InChI is InChI=1S/C18H26O5/c1-2-3-4-5-6-7-12-23-15-10-8-14(9-11-15)16(18(21)22)13-17(19)20/h8-11,16H,2-7,12-13H2,1H3,(H,19,20)(H,21,22)/t16-/m0/s1. The van der Waals surface area contributed by atoms with Crippen LogP contribution >= 0.6 is 0 Å². The molecule has 1 aromatic carbocycles. The molecule has 0 aliphatic carbocycles. The summed E-state index contributed by atoms with van der Waals surface area (Å²) < 4.78 is 5.63. The zero-order valence-electron chi connectivity index (χ0n) is 13.7. The van der Waals surface area contributed by atoms with Gasteiger partial charge in [-0.05, 0) is 24.1 Å². The molecule has 0 bridgehead atoms. The molecule has 0 radical (unpaired) electrons. The van der Waals surface area contributed by atoms with Crippen LogP contribution in [0.1, 0.15) is 63.4 Å². The summed E-state index contributed by atoms with van der Waals surface area (Å²) in [6, 6.07) is 6.64. The van der Waals surface area contributed by atoms with Gasteiger partial charge in [-0.3, -0.25) is 9.59 Å². The van der Waals surface area contributed by atoms with E-state index in [1.165, 1.54) is 25.7 Å². The normalized spacial score (nSPS) is 11.9. The van der Waals surface area contributed by atoms with Crippen molar-refractivity contribution in [3.63, 3.8) is 0 Å². The van der Waals surface area contributed by atoms with Crippen molar-refractivity contribution in [3.8, 4) is 5.75 Å². The second kappa shape index (κ2) is 10.6. The third-order valence-corrected chi connectivity index (χ3v) is 3.73. The van der Waals surface area contributed by atoms with Crippen LogP contribution in [0.15, 0.2) is 24.3 Å². The molecule has 0 spiro atoms. The number of hydrogen-bond acceptors (Lipinski definition) is 3. The van der Waals surface area contributed by atoms with Gasteiger partial charge in [0, 0.05) is 0 Å². The van der Waals surface area contributed by atoms with E-state index in [0.29, 0.717) is 17.9 Å². The zero-order valence-corrected chi connectivity index (χ0v) is 13.7. The van der Waals surface area contributed by atoms with E-state index in [-0.39, 0.29) is 0 Å². The molecule has 2 N–H and O–H groups in total. The highest BCUT2D eigenvalue weighted by Gasteiger charge is 2.22. The summed E-state index contributed by atoms with van der Waals surface area (Å²) in [6.45, 7) is 2.83. The average Bonchev–Trinajstić information content (AvgIpc) is 2.52. The SMILES string of the molecule is CCCCCCCCOc1ccc([C@H](CC(=O)O)C(=O)O)cc1. The van der Waals surface area contributed by atoms with Gasteiger partial charge in [-0.15, -0.1) is 0 Å². The highest BCUT2D eigenvalue weighted by atomic mass is 16.5. The van der Waals surface area contributed by atoms with Crippen LogP contribution in [0.4, 0.5) is 0 Å². The molecule has 1 aromatic rings. The molecule has 0 heterocycles. The lowest BCUT2D eigenvalue weighted by Gasteiger charge is -2.11. The molecule has 1 rings (SSSR count). The van der Waals surface area contributed by atoms with Crippen LogP contribution in [0, 0.1) is 0 Å². The first-order valence-electron chi connectivity index (χ1n) is 8.22. The maximum atomic E-state index is 11.1. The Morgan fingerprint density at radius 1 is 1.00 bits per heavy atom. The first-order valence-corrected chi connectivity index (χ1v) is 8.22. The fraction of sp³-hybridized carbons (Fsp3) is 0.556. The van der Waals surface area contributed by atoms with Gasteiger partial charge >= 0.3 is 11.9 Å². The van der Waals surface area contributed by atoms with E-state index in [4.69, 9.17) is 14.9 Å². The molecule has 0 fully saturated rings. The van der Waals surface area contributed by atoms with Crippen LogP contribution in [0.3, 0.4) is 0 Å². The molecule has 5 nitrogen and oxygen atoms in total. The van der Waals surface area contributed by atoms with Gasteiger partial charge in [-0.25, -0.2) is 0 Å². The molecular weight excluding hydrogens is 296 g/mol. The summed E-state index contributed by atoms with van der Waals surface area (Å²) in [6.07, 6.45) is 6.75. The number of ether oxygens (including phenoxy) is 1. The van der Waals surface area contributed by atoms with Gasteiger partial charge in [0.15, 0.2) is 0 Å². The summed E-state index contributed by atoms with van der Waals surface area (Å²) in [7, 11) is 0. The minimum Gasteiger partial charge on any atom is -0.494 e. The van der Waals surface area contributed by atoms with Crippen molar-refractivity contribution in [2.45, 2.75) is 57.8 Å². The lowest BCUT2D eigenvalue weighted by atomic mass is 9.96. The maximum Gasteiger partial charge on any atom is 0.311 e. The van der Waals surface area contributed by atoms with Gasteiger partial charge in [-0.2, -0.15) is 0 Å². The molecule has 0 unspecified atom stereocenters. The van der Waals surface area contributed by atoms with Gasteiger partial charge in [0.05, 0.1) is 18.9 Å². The lowest BCUT2D eigenvalue weighted by Crippen LogP contribution is -2.15. The van der Waals surface area contributed by atoms with Crippen LogP contribution < -0.4 is 4.74 Å². The quantitative estimate of drug-likeness (QED) is 0.567. The third-order valence-electron chi connectivity index (χ3n) is 3.73. The van der Waals surface area contributed by atoms with Crippen molar-refractivity contribution in [3.05, 3.63) is 29.8 Å². The molecular formula is C18H26O5. The van der Waals surface area contributed by atoms with E-state index < -0.39 is 24.3 Å². The Kier molecular flexibility index (Phi) is 8.80. The van der Waals surface area contributed by atoms with Gasteiger partial charge < -0.3 is 14.9 Å². The number of carboxylic acid groups (broad SMARTS) is 2. The second-order valence-corrected chi connectivity index (χ2v) is 5.67. The Morgan fingerprint density at radius 2 is 1.61 bits per heavy atom. The van der Waals surface area contributed by atoms with E-state index >= 15 is 0 Å². The van der Waals surface area contributed by atoms with Crippen molar-refractivity contribution < 1.29 is 24.5 Å². The molecule has 0 saturated carbocycles. The molecule has 23 heavy (non-hydrogen) atoms. The first kappa shape index (κ1) is 19.0. The number of unbranched alkanes of at least 4 members (excludes halogenated alkanes) is 5. The van der Waals surface area contributed by atoms with E-state index in [1.807, 2.05) is 0 Å². The van der Waals surface area contributed by atoms with Gasteiger partial charge in [0.1, 0.15) is 5.75 Å². The van der Waals surface area contributed by atoms with Crippen LogP contribution in [-0.2, 0) is 9.59 Å². The molecule has 1 atom stereocenters. The number of aliphatic carboxylic acids is 2. The Morgan fingerprint density at radius 3 is 2.17 bits per heavy atom. The number of hydrogen-bond donors (Lipinski definition) is 2. The molecule has 128 valence electrons. The van der Waals surface area contributed by atoms with Crippen molar-refractivity contribution in [2.75, 3.05) is 6.61 Å². The minimum atomic E-state index is -1.13. The van der Waals surface area contributed by atoms with Crippen LogP contribution in [0.5, 0.6) is 5.75 Å². The number of rotatable bonds is 12. The third kappa shape index (κ3) is 7.68. The summed E-state index contributed by atoms with van der Waals surface area (Å²) in [4.78, 5) is 21.9. The molecule has 0 saturated heterocycles. The Labute approximate surface area is 137 Å². The molecule has 0 aromatic heterocycles. The van der Waals surface area contributed by atoms with Gasteiger partial charge in [-0.1, -0.05) is 51.2 Å². The average molecular weight is 322 g/mol. The Bertz CT molecular complexity index is 481. The highest BCUT2D eigenvalue weighted by molar-refractivity contribution is 5.82. The fourth-order valence-electron chi connectivity index (χ4n) is 2.39. The van der Waals surface area contributed by atoms with Crippen molar-refractivity contribution >= 4 is 11.9 Å². The monoisotopic (exact) mass is 322 g/mol. The van der Waals surface area contributed by atoms with Crippen molar-refractivity contribution in [2.24, 2.45) is 0 Å². The Hall–Kier alpha value is -2.04. The lowest BCUT2D eigenvalue weighted by molar-refractivity contribution is -0.145. The smallest absolute Gasteiger partial charge is 0.311 e. The highest BCUT2D eigenvalue weighted by Crippen LogP contribution is 2.23. The van der Waals surface area contributed by atoms with Crippen LogP contribution in [-0.4, -0.2) is 28.8 Å². The second-order valence-electron chi connectivity index (χ2n) is 5.67. The van der Waals surface area contributed by atoms with Crippen LogP contribution in [0.25, 0.3) is 0 Å². The number of benzene rings is 1. The van der Waals surface area contributed by atoms with Crippen molar-refractivity contribution in [1.29, 1.82) is 0 Å². The summed E-state index contributed by atoms with van der Waals surface area (Å²) >= 11 is 0. The predicted molar refractivity (Wildman–Crippen MR) is 87.9 cm³/mol. The van der Waals surface area contributed by atoms with Gasteiger partial charge in [0.25, 0.3) is 0 Å². The molecule has 0 amide bonds. The largest absolute Gasteiger partial charge is 0.494 e. The topological polar surface area (TPSA) is 83.8 Å². The fourth-order valence-corrected chi connectivity index (χ4v) is 2.39. The van der Waals surface area contributed by atoms with E-state index in [2.05, 4.69) is 6.92 Å². The van der Waals surface area contributed by atoms with Gasteiger partial charge in [0.2, 0.25) is 0 Å². The van der Waals surface area contributed by atoms with Crippen molar-refractivity contribution in [1.82, 2.24) is 0 Å². The first-order chi connectivity index (χ1) is 11.0. The van der Waals surface area contributed by atoms with E-state index in [1.54, 1.807) is 24.3 Å². The zero-order chi connectivity index (χ0) is 17.1. The minimum absolute atomic E-state index is 0.423. The van der Waals surface area contributed by atoms with E-state index in [9.17, 15) is 9.59 Å². The summed E-state index contributed by atoms with van der Waals surface area (Å²) in [5, 5.41) is 17.9. The van der Waals surface area contributed by atoms with E-state index in [0.717, 1.165) is 12.8 Å². The molecule has 0 aliphatic rings. The predicted octanol–water partition coefficient (Wildman–Crippen LogP) is 4.07. The van der Waals surface area contributed by atoms with Crippen LogP contribution in [0.2, 0.25) is 0 Å². The number of carbonyl (C=O) groups is 2. The maximum absolute atomic E-state index is 11.1. The molecule has 0 aliphatic heterocycles. The molecule has 5 heteroatoms. The Balaban J connectivity index is 2.40.